The summed E-state index contributed by atoms with van der Waals surface area (Å²) in [6.45, 7) is 2.73. The fourth-order valence-corrected chi connectivity index (χ4v) is 2.18. The number of benzene rings is 1. The van der Waals surface area contributed by atoms with Gasteiger partial charge in [0.2, 0.25) is 0 Å². The minimum absolute atomic E-state index is 0.124. The van der Waals surface area contributed by atoms with Crippen molar-refractivity contribution in [3.63, 3.8) is 0 Å². The van der Waals surface area contributed by atoms with E-state index in [0.717, 1.165) is 16.8 Å². The normalized spacial score (nSPS) is 15.8. The molecule has 98 valence electrons. The molecule has 0 aromatic heterocycles. The molecule has 0 saturated heterocycles. The van der Waals surface area contributed by atoms with Gasteiger partial charge < -0.3 is 20.9 Å². The van der Waals surface area contributed by atoms with Gasteiger partial charge in [0, 0.05) is 23.8 Å². The van der Waals surface area contributed by atoms with Crippen LogP contribution in [0.3, 0.4) is 0 Å². The van der Waals surface area contributed by atoms with E-state index in [1.807, 2.05) is 25.1 Å². The first-order chi connectivity index (χ1) is 8.67. The molecule has 4 N–H and O–H groups in total. The van der Waals surface area contributed by atoms with Gasteiger partial charge in [-0.05, 0) is 43.5 Å². The van der Waals surface area contributed by atoms with Crippen LogP contribution in [-0.4, -0.2) is 35.3 Å². The lowest BCUT2D eigenvalue weighted by atomic mass is 10.1. The quantitative estimate of drug-likeness (QED) is 0.315. The summed E-state index contributed by atoms with van der Waals surface area (Å²) in [5.74, 6) is 0.124. The van der Waals surface area contributed by atoms with Crippen LogP contribution < -0.4 is 10.6 Å². The Morgan fingerprint density at radius 2 is 2.22 bits per heavy atom. The highest BCUT2D eigenvalue weighted by Crippen LogP contribution is 2.32. The summed E-state index contributed by atoms with van der Waals surface area (Å²) in [5, 5.41) is 20.8. The van der Waals surface area contributed by atoms with Gasteiger partial charge >= 0.3 is 0 Å². The smallest absolute Gasteiger partial charge is 0.170 e. The van der Waals surface area contributed by atoms with Crippen molar-refractivity contribution >= 4 is 11.5 Å². The van der Waals surface area contributed by atoms with Crippen molar-refractivity contribution in [3.05, 3.63) is 29.3 Å². The molecule has 5 nitrogen and oxygen atoms in total. The summed E-state index contributed by atoms with van der Waals surface area (Å²) in [6.07, 6.45) is 2.36. The molecule has 1 aliphatic rings. The minimum atomic E-state index is 0.124. The molecule has 0 aliphatic heterocycles. The number of rotatable bonds is 5. The fraction of sp³-hybridized carbons (Fsp3) is 0.462. The monoisotopic (exact) mass is 249 g/mol. The topological polar surface area (TPSA) is 82.1 Å². The van der Waals surface area contributed by atoms with Crippen molar-refractivity contribution in [2.24, 2.45) is 10.9 Å². The van der Waals surface area contributed by atoms with Crippen LogP contribution >= 0.6 is 0 Å². The van der Waals surface area contributed by atoms with E-state index in [1.165, 1.54) is 12.8 Å². The van der Waals surface area contributed by atoms with E-state index < -0.39 is 0 Å². The second kappa shape index (κ2) is 5.27. The molecule has 0 bridgehead atoms. The van der Waals surface area contributed by atoms with E-state index in [4.69, 9.17) is 16.0 Å². The van der Waals surface area contributed by atoms with Gasteiger partial charge in [0.1, 0.15) is 0 Å². The highest BCUT2D eigenvalue weighted by molar-refractivity contribution is 5.98. The van der Waals surface area contributed by atoms with Crippen molar-refractivity contribution in [3.8, 4) is 0 Å². The molecule has 0 heterocycles. The van der Waals surface area contributed by atoms with Gasteiger partial charge in [0.25, 0.3) is 0 Å². The van der Waals surface area contributed by atoms with E-state index in [1.54, 1.807) is 0 Å². The van der Waals surface area contributed by atoms with Crippen LogP contribution in [0.2, 0.25) is 0 Å². The third-order valence-corrected chi connectivity index (χ3v) is 3.25. The van der Waals surface area contributed by atoms with Gasteiger partial charge in [0.05, 0.1) is 6.61 Å². The van der Waals surface area contributed by atoms with Gasteiger partial charge in [-0.1, -0.05) is 5.16 Å². The van der Waals surface area contributed by atoms with Crippen LogP contribution in [0, 0.1) is 6.92 Å². The predicted octanol–water partition coefficient (Wildman–Crippen LogP) is 1.05. The van der Waals surface area contributed by atoms with E-state index in [9.17, 15) is 0 Å². The summed E-state index contributed by atoms with van der Waals surface area (Å²) in [5.41, 5.74) is 8.38. The van der Waals surface area contributed by atoms with Gasteiger partial charge in [0.15, 0.2) is 5.84 Å². The van der Waals surface area contributed by atoms with Crippen molar-refractivity contribution in [1.29, 1.82) is 0 Å². The molecule has 1 aromatic carbocycles. The summed E-state index contributed by atoms with van der Waals surface area (Å²) in [6, 6.07) is 6.37. The molecule has 0 radical (unpaired) electrons. The van der Waals surface area contributed by atoms with Gasteiger partial charge in [-0.2, -0.15) is 0 Å². The summed E-state index contributed by atoms with van der Waals surface area (Å²) < 4.78 is 0. The Bertz CT molecular complexity index is 456. The number of oxime groups is 1. The van der Waals surface area contributed by atoms with Crippen LogP contribution in [-0.2, 0) is 0 Å². The largest absolute Gasteiger partial charge is 0.409 e. The number of aryl methyl sites for hydroxylation is 1. The third kappa shape index (κ3) is 2.56. The summed E-state index contributed by atoms with van der Waals surface area (Å²) in [7, 11) is 0. The maximum absolute atomic E-state index is 9.11. The molecule has 0 unspecified atom stereocenters. The van der Waals surface area contributed by atoms with Gasteiger partial charge in [-0.3, -0.25) is 0 Å². The average molecular weight is 249 g/mol. The summed E-state index contributed by atoms with van der Waals surface area (Å²) >= 11 is 0. The molecular weight excluding hydrogens is 230 g/mol. The van der Waals surface area contributed by atoms with Crippen LogP contribution in [0.25, 0.3) is 0 Å². The van der Waals surface area contributed by atoms with Crippen molar-refractivity contribution in [2.45, 2.75) is 25.8 Å². The lowest BCUT2D eigenvalue weighted by Crippen LogP contribution is -2.29. The van der Waals surface area contributed by atoms with E-state index in [-0.39, 0.29) is 12.4 Å². The number of hydrogen-bond acceptors (Lipinski definition) is 4. The Kier molecular flexibility index (Phi) is 3.72. The van der Waals surface area contributed by atoms with Crippen LogP contribution in [0.1, 0.15) is 24.0 Å². The SMILES string of the molecule is Cc1cc(N(CCO)C2CC2)ccc1/C(N)=N/O. The van der Waals surface area contributed by atoms with Gasteiger partial charge in [-0.15, -0.1) is 0 Å². The molecule has 5 heteroatoms. The zero-order chi connectivity index (χ0) is 13.1. The number of hydrogen-bond donors (Lipinski definition) is 3. The number of anilines is 1. The molecule has 1 aromatic rings. The molecule has 0 atom stereocenters. The predicted molar refractivity (Wildman–Crippen MR) is 71.1 cm³/mol. The Labute approximate surface area is 107 Å². The average Bonchev–Trinajstić information content (AvgIpc) is 3.19. The van der Waals surface area contributed by atoms with Crippen molar-refractivity contribution < 1.29 is 10.3 Å². The first-order valence-electron chi connectivity index (χ1n) is 6.13. The zero-order valence-corrected chi connectivity index (χ0v) is 10.5. The van der Waals surface area contributed by atoms with Crippen LogP contribution in [0.5, 0.6) is 0 Å². The molecule has 0 amide bonds. The lowest BCUT2D eigenvalue weighted by molar-refractivity contribution is 0.301. The first-order valence-corrected chi connectivity index (χ1v) is 6.13. The highest BCUT2D eigenvalue weighted by atomic mass is 16.4. The standard InChI is InChI=1S/C13H19N3O2/c1-9-8-11(4-5-12(9)13(14)15-18)16(6-7-17)10-2-3-10/h4-5,8,10,17-18H,2-3,6-7H2,1H3,(H2,14,15). The number of nitrogens with two attached hydrogens (primary N) is 1. The molecule has 2 rings (SSSR count). The number of amidine groups is 1. The van der Waals surface area contributed by atoms with Crippen molar-refractivity contribution in [2.75, 3.05) is 18.1 Å². The molecular formula is C13H19N3O2. The third-order valence-electron chi connectivity index (χ3n) is 3.25. The maximum atomic E-state index is 9.11. The van der Waals surface area contributed by atoms with Crippen molar-refractivity contribution in [1.82, 2.24) is 0 Å². The Balaban J connectivity index is 2.26. The molecule has 1 fully saturated rings. The second-order valence-corrected chi connectivity index (χ2v) is 4.63. The van der Waals surface area contributed by atoms with E-state index in [0.29, 0.717) is 12.6 Å². The molecule has 1 aliphatic carbocycles. The summed E-state index contributed by atoms with van der Waals surface area (Å²) in [4.78, 5) is 2.21. The number of aliphatic hydroxyl groups is 1. The molecule has 1 saturated carbocycles. The van der Waals surface area contributed by atoms with Crippen LogP contribution in [0.4, 0.5) is 5.69 Å². The highest BCUT2D eigenvalue weighted by Gasteiger charge is 2.29. The minimum Gasteiger partial charge on any atom is -0.409 e. The fourth-order valence-electron chi connectivity index (χ4n) is 2.18. The number of nitrogens with zero attached hydrogens (tertiary/aromatic N) is 2. The molecule has 0 spiro atoms. The maximum Gasteiger partial charge on any atom is 0.170 e. The van der Waals surface area contributed by atoms with E-state index in [2.05, 4.69) is 10.1 Å². The van der Waals surface area contributed by atoms with Crippen LogP contribution in [0.15, 0.2) is 23.4 Å². The molecule has 18 heavy (non-hydrogen) atoms. The Morgan fingerprint density at radius 1 is 1.50 bits per heavy atom. The zero-order valence-electron chi connectivity index (χ0n) is 10.5. The first kappa shape index (κ1) is 12.7. The van der Waals surface area contributed by atoms with E-state index >= 15 is 0 Å². The number of aliphatic hydroxyl groups excluding tert-OH is 1. The Morgan fingerprint density at radius 3 is 2.72 bits per heavy atom. The lowest BCUT2D eigenvalue weighted by Gasteiger charge is -2.24. The Hall–Kier alpha value is -1.75. The second-order valence-electron chi connectivity index (χ2n) is 4.63. The van der Waals surface area contributed by atoms with Gasteiger partial charge in [-0.25, -0.2) is 0 Å².